The molecule has 0 bridgehead atoms. The molecular weight excluding hydrogens is 331 g/mol. The van der Waals surface area contributed by atoms with Crippen molar-refractivity contribution in [1.29, 1.82) is 0 Å². The standard InChI is InChI=1S/C13H10BrFN2O3/c14-8-6-7(15)2-3-9(8)17-11(19)13(4-1-5-13)10(18)16-12(17)20/h2-3,6H,1,4-5H2,(H,16,18,20). The van der Waals surface area contributed by atoms with E-state index < -0.39 is 29.1 Å². The number of carbonyl (C=O) groups excluding carboxylic acids is 3. The fourth-order valence-corrected chi connectivity index (χ4v) is 3.06. The predicted octanol–water partition coefficient (Wildman–Crippen LogP) is 2.34. The molecule has 2 fully saturated rings. The fourth-order valence-electron chi connectivity index (χ4n) is 2.53. The van der Waals surface area contributed by atoms with E-state index in [-0.39, 0.29) is 10.2 Å². The maximum atomic E-state index is 13.1. The van der Waals surface area contributed by atoms with Gasteiger partial charge in [-0.25, -0.2) is 14.1 Å². The maximum Gasteiger partial charge on any atom is 0.335 e. The van der Waals surface area contributed by atoms with Crippen molar-refractivity contribution >= 4 is 39.5 Å². The number of rotatable bonds is 1. The molecule has 1 N–H and O–H groups in total. The normalized spacial score (nSPS) is 20.9. The summed E-state index contributed by atoms with van der Waals surface area (Å²) < 4.78 is 13.4. The van der Waals surface area contributed by atoms with Crippen molar-refractivity contribution in [3.8, 4) is 0 Å². The van der Waals surface area contributed by atoms with Gasteiger partial charge in [0.2, 0.25) is 5.91 Å². The Hall–Kier alpha value is -1.76. The summed E-state index contributed by atoms with van der Waals surface area (Å²) in [7, 11) is 0. The number of imide groups is 2. The second kappa shape index (κ2) is 4.37. The first-order valence-electron chi connectivity index (χ1n) is 6.11. The number of hydrogen-bond donors (Lipinski definition) is 1. The Morgan fingerprint density at radius 2 is 1.95 bits per heavy atom. The van der Waals surface area contributed by atoms with E-state index >= 15 is 0 Å². The smallest absolute Gasteiger partial charge is 0.276 e. The number of halogens is 2. The van der Waals surface area contributed by atoms with Gasteiger partial charge in [-0.05, 0) is 47.0 Å². The quantitative estimate of drug-likeness (QED) is 0.798. The molecule has 1 saturated heterocycles. The summed E-state index contributed by atoms with van der Waals surface area (Å²) in [5, 5.41) is 2.21. The first kappa shape index (κ1) is 13.2. The monoisotopic (exact) mass is 340 g/mol. The maximum absolute atomic E-state index is 13.1. The second-order valence-corrected chi connectivity index (χ2v) is 5.79. The van der Waals surface area contributed by atoms with Crippen LogP contribution in [-0.2, 0) is 9.59 Å². The van der Waals surface area contributed by atoms with Crippen molar-refractivity contribution in [3.63, 3.8) is 0 Å². The van der Waals surface area contributed by atoms with Gasteiger partial charge in [0.05, 0.1) is 5.69 Å². The topological polar surface area (TPSA) is 66.5 Å². The number of nitrogens with zero attached hydrogens (tertiary/aromatic N) is 1. The average Bonchev–Trinajstić information content (AvgIpc) is 2.29. The highest BCUT2D eigenvalue weighted by molar-refractivity contribution is 9.10. The SMILES string of the molecule is O=C1NC(=O)C2(CCC2)C(=O)N1c1ccc(F)cc1Br. The zero-order chi connectivity index (χ0) is 14.5. The van der Waals surface area contributed by atoms with Crippen LogP contribution in [0.1, 0.15) is 19.3 Å². The van der Waals surface area contributed by atoms with Gasteiger partial charge in [-0.1, -0.05) is 6.42 Å². The van der Waals surface area contributed by atoms with Crippen molar-refractivity contribution in [2.45, 2.75) is 19.3 Å². The van der Waals surface area contributed by atoms with E-state index in [4.69, 9.17) is 0 Å². The molecule has 1 aromatic carbocycles. The van der Waals surface area contributed by atoms with Crippen LogP contribution in [0.2, 0.25) is 0 Å². The van der Waals surface area contributed by atoms with Crippen LogP contribution in [0.5, 0.6) is 0 Å². The molecule has 1 aromatic rings. The Bertz CT molecular complexity index is 643. The van der Waals surface area contributed by atoms with Gasteiger partial charge in [0, 0.05) is 4.47 Å². The van der Waals surface area contributed by atoms with Crippen molar-refractivity contribution in [2.75, 3.05) is 4.90 Å². The van der Waals surface area contributed by atoms with Crippen molar-refractivity contribution < 1.29 is 18.8 Å². The van der Waals surface area contributed by atoms with Gasteiger partial charge in [0.1, 0.15) is 11.2 Å². The number of hydrogen-bond acceptors (Lipinski definition) is 3. The number of barbiturate groups is 1. The van der Waals surface area contributed by atoms with Gasteiger partial charge in [0.15, 0.2) is 0 Å². The van der Waals surface area contributed by atoms with Crippen LogP contribution in [0, 0.1) is 11.2 Å². The van der Waals surface area contributed by atoms with E-state index in [9.17, 15) is 18.8 Å². The molecule has 1 spiro atoms. The number of benzene rings is 1. The van der Waals surface area contributed by atoms with E-state index in [2.05, 4.69) is 21.2 Å². The van der Waals surface area contributed by atoms with Crippen LogP contribution in [0.4, 0.5) is 14.9 Å². The number of urea groups is 1. The summed E-state index contributed by atoms with van der Waals surface area (Å²) in [6.07, 6.45) is 1.63. The molecule has 5 nitrogen and oxygen atoms in total. The molecule has 1 aliphatic carbocycles. The van der Waals surface area contributed by atoms with E-state index in [1.165, 1.54) is 12.1 Å². The summed E-state index contributed by atoms with van der Waals surface area (Å²) in [5.41, 5.74) is -0.908. The molecule has 3 rings (SSSR count). The van der Waals surface area contributed by atoms with E-state index in [0.717, 1.165) is 17.4 Å². The van der Waals surface area contributed by atoms with Gasteiger partial charge >= 0.3 is 6.03 Å². The van der Waals surface area contributed by atoms with Crippen LogP contribution in [0.15, 0.2) is 22.7 Å². The lowest BCUT2D eigenvalue weighted by molar-refractivity contribution is -0.148. The Morgan fingerprint density at radius 1 is 1.25 bits per heavy atom. The van der Waals surface area contributed by atoms with Crippen LogP contribution < -0.4 is 10.2 Å². The van der Waals surface area contributed by atoms with Gasteiger partial charge in [-0.15, -0.1) is 0 Å². The fraction of sp³-hybridized carbons (Fsp3) is 0.308. The van der Waals surface area contributed by atoms with Crippen LogP contribution >= 0.6 is 15.9 Å². The van der Waals surface area contributed by atoms with E-state index in [1.807, 2.05) is 0 Å². The summed E-state index contributed by atoms with van der Waals surface area (Å²) in [5.74, 6) is -1.56. The van der Waals surface area contributed by atoms with Crippen molar-refractivity contribution in [1.82, 2.24) is 5.32 Å². The molecule has 0 unspecified atom stereocenters. The van der Waals surface area contributed by atoms with E-state index in [0.29, 0.717) is 12.8 Å². The molecule has 2 aliphatic rings. The first-order valence-corrected chi connectivity index (χ1v) is 6.90. The predicted molar refractivity (Wildman–Crippen MR) is 71.4 cm³/mol. The summed E-state index contributed by atoms with van der Waals surface area (Å²) in [6, 6.07) is 2.86. The Labute approximate surface area is 122 Å². The highest BCUT2D eigenvalue weighted by atomic mass is 79.9. The summed E-state index contributed by atoms with van der Waals surface area (Å²) in [6.45, 7) is 0. The summed E-state index contributed by atoms with van der Waals surface area (Å²) >= 11 is 3.13. The van der Waals surface area contributed by atoms with Crippen LogP contribution in [0.3, 0.4) is 0 Å². The number of anilines is 1. The molecule has 1 saturated carbocycles. The molecule has 1 heterocycles. The molecule has 20 heavy (non-hydrogen) atoms. The molecule has 0 atom stereocenters. The third-order valence-corrected chi connectivity index (χ3v) is 4.46. The lowest BCUT2D eigenvalue weighted by atomic mass is 9.66. The number of nitrogens with one attached hydrogen (secondary N) is 1. The Balaban J connectivity index is 2.05. The minimum absolute atomic E-state index is 0.229. The van der Waals surface area contributed by atoms with Gasteiger partial charge in [-0.3, -0.25) is 14.9 Å². The van der Waals surface area contributed by atoms with Crippen molar-refractivity contribution in [3.05, 3.63) is 28.5 Å². The van der Waals surface area contributed by atoms with Crippen LogP contribution in [-0.4, -0.2) is 17.8 Å². The van der Waals surface area contributed by atoms with E-state index in [1.54, 1.807) is 0 Å². The third-order valence-electron chi connectivity index (χ3n) is 3.83. The van der Waals surface area contributed by atoms with Crippen LogP contribution in [0.25, 0.3) is 0 Å². The lowest BCUT2D eigenvalue weighted by Crippen LogP contribution is -2.66. The Kier molecular flexibility index (Phi) is 2.89. The third kappa shape index (κ3) is 1.69. The Morgan fingerprint density at radius 3 is 2.50 bits per heavy atom. The molecule has 1 aliphatic heterocycles. The molecular formula is C13H10BrFN2O3. The number of amides is 4. The van der Waals surface area contributed by atoms with Crippen molar-refractivity contribution in [2.24, 2.45) is 5.41 Å². The molecule has 104 valence electrons. The summed E-state index contributed by atoms with van der Waals surface area (Å²) in [4.78, 5) is 37.2. The van der Waals surface area contributed by atoms with Gasteiger partial charge in [-0.2, -0.15) is 0 Å². The van der Waals surface area contributed by atoms with Gasteiger partial charge < -0.3 is 0 Å². The lowest BCUT2D eigenvalue weighted by Gasteiger charge is -2.44. The highest BCUT2D eigenvalue weighted by Crippen LogP contribution is 2.46. The molecule has 4 amide bonds. The molecule has 0 aromatic heterocycles. The average molecular weight is 341 g/mol. The number of carbonyl (C=O) groups is 3. The highest BCUT2D eigenvalue weighted by Gasteiger charge is 2.57. The molecule has 7 heteroatoms. The molecule has 0 radical (unpaired) electrons. The van der Waals surface area contributed by atoms with Gasteiger partial charge in [0.25, 0.3) is 5.91 Å². The second-order valence-electron chi connectivity index (χ2n) is 4.93. The minimum atomic E-state index is -1.14. The zero-order valence-corrected chi connectivity index (χ0v) is 11.9. The zero-order valence-electron chi connectivity index (χ0n) is 10.3. The largest absolute Gasteiger partial charge is 0.335 e. The minimum Gasteiger partial charge on any atom is -0.276 e. The first-order chi connectivity index (χ1) is 9.45.